The molecular weight excluding hydrogens is 504 g/mol. The lowest BCUT2D eigenvalue weighted by atomic mass is 10.1. The van der Waals surface area contributed by atoms with E-state index in [2.05, 4.69) is 65.4 Å². The summed E-state index contributed by atoms with van der Waals surface area (Å²) in [4.78, 5) is 32.5. The minimum atomic E-state index is -0.660. The van der Waals surface area contributed by atoms with Gasteiger partial charge in [-0.1, -0.05) is 51.1 Å². The molecule has 1 aromatic carbocycles. The minimum Gasteiger partial charge on any atom is -0.462 e. The summed E-state index contributed by atoms with van der Waals surface area (Å²) in [6.07, 6.45) is 2.48. The van der Waals surface area contributed by atoms with Crippen LogP contribution in [0.5, 0.6) is 0 Å². The predicted molar refractivity (Wildman–Crippen MR) is 163 cm³/mol. The first-order valence-corrected chi connectivity index (χ1v) is 13.7. The average Bonchev–Trinajstić information content (AvgIpc) is 2.97. The second-order valence-corrected chi connectivity index (χ2v) is 10.3. The van der Waals surface area contributed by atoms with Crippen LogP contribution in [0.1, 0.15) is 46.6 Å². The van der Waals surface area contributed by atoms with Gasteiger partial charge in [0.15, 0.2) is 11.6 Å². The topological polar surface area (TPSA) is 131 Å². The first-order chi connectivity index (χ1) is 19.1. The summed E-state index contributed by atoms with van der Waals surface area (Å²) in [6, 6.07) is 13.4. The van der Waals surface area contributed by atoms with Gasteiger partial charge in [-0.15, -0.1) is 0 Å². The summed E-state index contributed by atoms with van der Waals surface area (Å²) in [5.41, 5.74) is 9.55. The van der Waals surface area contributed by atoms with Gasteiger partial charge in [0.05, 0.1) is 11.7 Å². The van der Waals surface area contributed by atoms with E-state index in [0.717, 1.165) is 16.8 Å². The Labute approximate surface area is 237 Å². The summed E-state index contributed by atoms with van der Waals surface area (Å²) in [6.45, 7) is 14.4. The highest BCUT2D eigenvalue weighted by molar-refractivity contribution is 5.78. The number of anilines is 3. The number of nitrogens with two attached hydrogens (primary N) is 1. The first-order valence-electron chi connectivity index (χ1n) is 13.7. The second kappa shape index (κ2) is 14.4. The van der Waals surface area contributed by atoms with Crippen LogP contribution in [-0.2, 0) is 16.1 Å². The smallest absolute Gasteiger partial charge is 0.323 e. The summed E-state index contributed by atoms with van der Waals surface area (Å²) in [5, 5.41) is 6.74. The molecule has 214 valence electrons. The third-order valence-electron chi connectivity index (χ3n) is 6.75. The number of carbonyl (C=O) groups excluding carboxylic acids is 1. The summed E-state index contributed by atoms with van der Waals surface area (Å²) in [5.74, 6) is 1.18. The fourth-order valence-electron chi connectivity index (χ4n) is 3.77. The highest BCUT2D eigenvalue weighted by Gasteiger charge is 2.22. The highest BCUT2D eigenvalue weighted by atomic mass is 16.5. The van der Waals surface area contributed by atoms with Crippen LogP contribution < -0.4 is 21.3 Å². The normalized spacial score (nSPS) is 12.6. The maximum Gasteiger partial charge on any atom is 0.323 e. The molecule has 0 bridgehead atoms. The van der Waals surface area contributed by atoms with Crippen LogP contribution in [-0.4, -0.2) is 59.4 Å². The summed E-state index contributed by atoms with van der Waals surface area (Å²) >= 11 is 0. The van der Waals surface area contributed by atoms with Gasteiger partial charge in [-0.05, 0) is 50.6 Å². The van der Waals surface area contributed by atoms with Crippen molar-refractivity contribution < 1.29 is 9.53 Å². The van der Waals surface area contributed by atoms with E-state index in [-0.39, 0.29) is 24.6 Å². The lowest BCUT2D eigenvalue weighted by Gasteiger charge is -2.26. The van der Waals surface area contributed by atoms with Crippen molar-refractivity contribution in [3.8, 4) is 11.3 Å². The van der Waals surface area contributed by atoms with Crippen molar-refractivity contribution in [2.45, 2.75) is 65.7 Å². The molecule has 3 aromatic rings. The molecule has 2 unspecified atom stereocenters. The molecule has 0 fully saturated rings. The Hall–Kier alpha value is -4.05. The molecule has 3 rings (SSSR count). The third-order valence-corrected chi connectivity index (χ3v) is 6.75. The Morgan fingerprint density at radius 1 is 1.12 bits per heavy atom. The van der Waals surface area contributed by atoms with Gasteiger partial charge in [0, 0.05) is 31.4 Å². The van der Waals surface area contributed by atoms with Crippen LogP contribution >= 0.6 is 0 Å². The van der Waals surface area contributed by atoms with E-state index >= 15 is 0 Å². The zero-order valence-electron chi connectivity index (χ0n) is 24.4. The van der Waals surface area contributed by atoms with Crippen LogP contribution in [0.15, 0.2) is 53.7 Å². The molecule has 2 atom stereocenters. The van der Waals surface area contributed by atoms with Crippen molar-refractivity contribution in [2.75, 3.05) is 29.2 Å². The Balaban J connectivity index is 1.82. The molecule has 0 saturated carbocycles. The van der Waals surface area contributed by atoms with Crippen molar-refractivity contribution in [3.05, 3.63) is 54.2 Å². The minimum absolute atomic E-state index is 0.00298. The lowest BCUT2D eigenvalue weighted by Crippen LogP contribution is -2.39. The average molecular weight is 547 g/mol. The Bertz CT molecular complexity index is 1250. The molecular formula is C30H42N8O2. The third kappa shape index (κ3) is 7.98. The van der Waals surface area contributed by atoms with Gasteiger partial charge >= 0.3 is 5.97 Å². The number of nitrogens with one attached hydrogen (secondary N) is 2. The number of esters is 1. The van der Waals surface area contributed by atoms with E-state index in [9.17, 15) is 4.79 Å². The van der Waals surface area contributed by atoms with Crippen LogP contribution in [0.2, 0.25) is 0 Å². The number of hydrogen-bond donors (Lipinski definition) is 3. The molecule has 0 spiro atoms. The van der Waals surface area contributed by atoms with E-state index in [0.29, 0.717) is 36.2 Å². The van der Waals surface area contributed by atoms with Crippen molar-refractivity contribution in [3.63, 3.8) is 0 Å². The van der Waals surface area contributed by atoms with Gasteiger partial charge in [0.1, 0.15) is 18.3 Å². The summed E-state index contributed by atoms with van der Waals surface area (Å²) < 4.78 is 5.49. The number of carbonyl (C=O) groups is 1. The van der Waals surface area contributed by atoms with E-state index < -0.39 is 12.0 Å². The van der Waals surface area contributed by atoms with Gasteiger partial charge < -0.3 is 26.0 Å². The maximum absolute atomic E-state index is 12.3. The SMILES string of the molecule is C=Nc1c(NCc2ccc(-c3ccccn3)cc2)nc(NC(CC)COC(=O)C(N)C(C)C)nc1N(C)C(C)C. The molecule has 0 amide bonds. The van der Waals surface area contributed by atoms with Gasteiger partial charge in [0.25, 0.3) is 0 Å². The lowest BCUT2D eigenvalue weighted by molar-refractivity contribution is -0.146. The van der Waals surface area contributed by atoms with Crippen molar-refractivity contribution in [1.29, 1.82) is 0 Å². The number of aliphatic imine (C=N–C) groups is 1. The number of nitrogens with zero attached hydrogens (tertiary/aromatic N) is 5. The van der Waals surface area contributed by atoms with E-state index in [1.807, 2.05) is 50.9 Å². The van der Waals surface area contributed by atoms with Crippen molar-refractivity contribution >= 4 is 36.0 Å². The van der Waals surface area contributed by atoms with Crippen LogP contribution in [0.4, 0.5) is 23.3 Å². The van der Waals surface area contributed by atoms with Crippen LogP contribution in [0.25, 0.3) is 11.3 Å². The molecule has 0 aliphatic carbocycles. The van der Waals surface area contributed by atoms with E-state index in [4.69, 9.17) is 20.4 Å². The molecule has 0 aliphatic heterocycles. The van der Waals surface area contributed by atoms with Gasteiger partial charge in [-0.3, -0.25) is 14.8 Å². The number of ether oxygens (including phenoxy) is 1. The molecule has 0 radical (unpaired) electrons. The first kappa shape index (κ1) is 30.5. The number of rotatable bonds is 14. The highest BCUT2D eigenvalue weighted by Crippen LogP contribution is 2.35. The quantitative estimate of drug-likeness (QED) is 0.188. The second-order valence-electron chi connectivity index (χ2n) is 10.3. The van der Waals surface area contributed by atoms with Crippen molar-refractivity contribution in [2.24, 2.45) is 16.6 Å². The number of aromatic nitrogens is 3. The van der Waals surface area contributed by atoms with Gasteiger partial charge in [0.2, 0.25) is 5.95 Å². The Kier molecular flexibility index (Phi) is 11.0. The largest absolute Gasteiger partial charge is 0.462 e. The molecule has 40 heavy (non-hydrogen) atoms. The summed E-state index contributed by atoms with van der Waals surface area (Å²) in [7, 11) is 1.96. The maximum atomic E-state index is 12.3. The monoisotopic (exact) mass is 546 g/mol. The number of hydrogen-bond acceptors (Lipinski definition) is 10. The molecule has 10 heteroatoms. The zero-order chi connectivity index (χ0) is 29.2. The molecule has 10 nitrogen and oxygen atoms in total. The fraction of sp³-hybridized carbons (Fsp3) is 0.433. The molecule has 0 saturated heterocycles. The Morgan fingerprint density at radius 3 is 2.42 bits per heavy atom. The van der Waals surface area contributed by atoms with E-state index in [1.54, 1.807) is 6.20 Å². The van der Waals surface area contributed by atoms with Gasteiger partial charge in [-0.25, -0.2) is 0 Å². The molecule has 2 heterocycles. The number of benzene rings is 1. The molecule has 2 aromatic heterocycles. The zero-order valence-corrected chi connectivity index (χ0v) is 24.4. The fourth-order valence-corrected chi connectivity index (χ4v) is 3.77. The molecule has 0 aliphatic rings. The van der Waals surface area contributed by atoms with E-state index in [1.165, 1.54) is 0 Å². The predicted octanol–water partition coefficient (Wildman–Crippen LogP) is 5.04. The van der Waals surface area contributed by atoms with Crippen LogP contribution in [0, 0.1) is 5.92 Å². The van der Waals surface area contributed by atoms with Gasteiger partial charge in [-0.2, -0.15) is 9.97 Å². The van der Waals surface area contributed by atoms with Crippen LogP contribution in [0.3, 0.4) is 0 Å². The molecule has 4 N–H and O–H groups in total. The van der Waals surface area contributed by atoms with Crippen molar-refractivity contribution in [1.82, 2.24) is 15.0 Å². The Morgan fingerprint density at radius 2 is 1.85 bits per heavy atom. The number of pyridine rings is 1. The standard InChI is InChI=1S/C30H42N8O2/c1-8-23(18-40-29(39)25(31)19(2)3)35-30-36-27(26(32-6)28(37-30)38(7)20(4)5)34-17-21-12-14-22(15-13-21)24-11-9-10-16-33-24/h9-16,19-20,23,25H,6,8,17-18,31H2,1-5,7H3,(H2,34,35,36,37).